The van der Waals surface area contributed by atoms with Crippen LogP contribution in [0.25, 0.3) is 0 Å². The maximum Gasteiger partial charge on any atom is 0.599 e. The van der Waals surface area contributed by atoms with Gasteiger partial charge in [-0.3, -0.25) is 4.79 Å². The Balaban J connectivity index is 5.58. The second-order valence-electron chi connectivity index (χ2n) is 4.74. The molecule has 0 heterocycles. The van der Waals surface area contributed by atoms with Crippen molar-refractivity contribution in [2.45, 2.75) is 32.2 Å². The second-order valence-corrected chi connectivity index (χ2v) is 7.58. The van der Waals surface area contributed by atoms with Gasteiger partial charge < -0.3 is 29.6 Å². The minimum absolute atomic E-state index is 0.0272. The number of hydroxylamine groups is 1. The molecule has 5 N–H and O–H groups in total. The van der Waals surface area contributed by atoms with E-state index in [9.17, 15) is 14.4 Å². The summed E-state index contributed by atoms with van der Waals surface area (Å²) in [5, 5.41) is 0. The van der Waals surface area contributed by atoms with Crippen LogP contribution < -0.4 is 16.9 Å². The van der Waals surface area contributed by atoms with E-state index in [1.807, 2.05) is 6.92 Å². The normalized spacial score (nSPS) is 12.7. The van der Waals surface area contributed by atoms with Crippen molar-refractivity contribution in [3.05, 3.63) is 0 Å². The highest BCUT2D eigenvalue weighted by Gasteiger charge is 2.51. The van der Waals surface area contributed by atoms with Crippen LogP contribution in [0, 0.1) is 0 Å². The molecule has 0 aliphatic carbocycles. The van der Waals surface area contributed by atoms with Crippen molar-refractivity contribution in [1.29, 1.82) is 0 Å². The van der Waals surface area contributed by atoms with E-state index in [1.165, 1.54) is 21.3 Å². The van der Waals surface area contributed by atoms with Crippen LogP contribution in [0.15, 0.2) is 0 Å². The first-order valence-electron chi connectivity index (χ1n) is 7.24. The van der Waals surface area contributed by atoms with Crippen molar-refractivity contribution < 1.29 is 32.5 Å². The number of hydrogen-bond donors (Lipinski definition) is 3. The summed E-state index contributed by atoms with van der Waals surface area (Å²) in [6, 6.07) is -2.02. The second kappa shape index (κ2) is 10.9. The van der Waals surface area contributed by atoms with Gasteiger partial charge >= 0.3 is 21.0 Å². The fraction of sp³-hybridized carbons (Fsp3) is 0.750. The van der Waals surface area contributed by atoms with Gasteiger partial charge in [-0.05, 0) is 19.4 Å². The predicted octanol–water partition coefficient (Wildman–Crippen LogP) is -1.17. The van der Waals surface area contributed by atoms with Crippen LogP contribution in [-0.4, -0.2) is 65.4 Å². The molecule has 0 saturated carbocycles. The summed E-state index contributed by atoms with van der Waals surface area (Å²) in [6.07, 6.45) is 0.575. The lowest BCUT2D eigenvalue weighted by Crippen LogP contribution is -2.65. The quantitative estimate of drug-likeness (QED) is 0.305. The Kier molecular flexibility index (Phi) is 10.1. The molecule has 11 nitrogen and oxygen atoms in total. The Morgan fingerprint density at radius 1 is 1.12 bits per heavy atom. The molecule has 0 aliphatic rings. The maximum absolute atomic E-state index is 12.3. The Morgan fingerprint density at radius 3 is 2.04 bits per heavy atom. The first-order chi connectivity index (χ1) is 11.3. The van der Waals surface area contributed by atoms with Crippen LogP contribution in [0.5, 0.6) is 0 Å². The van der Waals surface area contributed by atoms with Gasteiger partial charge in [-0.15, -0.1) is 0 Å². The van der Waals surface area contributed by atoms with E-state index in [2.05, 4.69) is 4.84 Å². The molecule has 12 heteroatoms. The molecule has 0 aromatic carbocycles. The monoisotopic (exact) mass is 366 g/mol. The van der Waals surface area contributed by atoms with Crippen molar-refractivity contribution in [3.8, 4) is 0 Å². The van der Waals surface area contributed by atoms with Crippen molar-refractivity contribution in [1.82, 2.24) is 10.0 Å². The molecule has 0 rings (SSSR count). The molecule has 0 unspecified atom stereocenters. The van der Waals surface area contributed by atoms with Gasteiger partial charge in [0.15, 0.2) is 0 Å². The average molecular weight is 366 g/mol. The van der Waals surface area contributed by atoms with E-state index in [1.54, 1.807) is 10.0 Å². The van der Waals surface area contributed by atoms with Crippen molar-refractivity contribution in [2.75, 3.05) is 27.9 Å². The number of primary amides is 2. The topological polar surface area (TPSA) is 155 Å². The zero-order chi connectivity index (χ0) is 18.8. The number of nitrogens with one attached hydrogen (secondary N) is 1. The van der Waals surface area contributed by atoms with E-state index >= 15 is 0 Å². The number of nitrogens with two attached hydrogens (primary N) is 2. The molecule has 24 heavy (non-hydrogen) atoms. The van der Waals surface area contributed by atoms with Crippen LogP contribution in [0.3, 0.4) is 0 Å². The minimum atomic E-state index is -3.39. The third-order valence-corrected chi connectivity index (χ3v) is 5.94. The van der Waals surface area contributed by atoms with Gasteiger partial charge in [-0.1, -0.05) is 6.92 Å². The first kappa shape index (κ1) is 22.3. The largest absolute Gasteiger partial charge is 0.599 e. The summed E-state index contributed by atoms with van der Waals surface area (Å²) in [5.41, 5.74) is 11.8. The lowest BCUT2D eigenvalue weighted by molar-refractivity contribution is -0.155. The van der Waals surface area contributed by atoms with E-state index in [4.69, 9.17) is 24.7 Å². The van der Waals surface area contributed by atoms with Gasteiger partial charge in [0.2, 0.25) is 5.91 Å². The fourth-order valence-corrected chi connectivity index (χ4v) is 4.49. The third kappa shape index (κ3) is 6.41. The minimum Gasteiger partial charge on any atom is -0.370 e. The van der Waals surface area contributed by atoms with Gasteiger partial charge in [-0.25, -0.2) is 14.2 Å². The highest BCUT2D eigenvalue weighted by atomic mass is 28.4. The van der Waals surface area contributed by atoms with Gasteiger partial charge in [0.1, 0.15) is 6.04 Å². The average Bonchev–Trinajstić information content (AvgIpc) is 2.54. The number of amides is 3. The van der Waals surface area contributed by atoms with E-state index in [0.29, 0.717) is 13.0 Å². The zero-order valence-corrected chi connectivity index (χ0v) is 15.4. The molecule has 3 amide bonds. The number of hydrogen-bond acceptors (Lipinski definition) is 8. The van der Waals surface area contributed by atoms with Gasteiger partial charge in [0.05, 0.1) is 0 Å². The summed E-state index contributed by atoms with van der Waals surface area (Å²) in [6.45, 7) is 2.24. The molecule has 0 aromatic heterocycles. The van der Waals surface area contributed by atoms with Crippen molar-refractivity contribution in [2.24, 2.45) is 11.5 Å². The van der Waals surface area contributed by atoms with Crippen molar-refractivity contribution >= 4 is 26.9 Å². The highest BCUT2D eigenvalue weighted by molar-refractivity contribution is 6.57. The Morgan fingerprint density at radius 2 is 1.67 bits per heavy atom. The van der Waals surface area contributed by atoms with Crippen LogP contribution in [-0.2, 0) is 27.7 Å². The van der Waals surface area contributed by atoms with E-state index in [-0.39, 0.29) is 12.8 Å². The molecule has 0 radical (unpaired) electrons. The molecule has 1 atom stereocenters. The first-order valence-corrected chi connectivity index (χ1v) is 8.91. The molecule has 0 bridgehead atoms. The molecule has 140 valence electrons. The van der Waals surface area contributed by atoms with Crippen LogP contribution in [0.4, 0.5) is 4.79 Å². The van der Waals surface area contributed by atoms with E-state index in [0.717, 1.165) is 0 Å². The lowest BCUT2D eigenvalue weighted by Gasteiger charge is -2.38. The Hall–Kier alpha value is -1.73. The summed E-state index contributed by atoms with van der Waals surface area (Å²) < 4.78 is 17.8. The fourth-order valence-electron chi connectivity index (χ4n) is 2.17. The molecular formula is C12H26N4O7Si. The third-order valence-electron chi connectivity index (χ3n) is 3.15. The summed E-state index contributed by atoms with van der Waals surface area (Å²) in [5.74, 6) is -1.43. The number of carbonyl (C=O) groups excluding carboxylic acids is 3. The Labute approximate surface area is 141 Å². The molecule has 0 fully saturated rings. The molecular weight excluding hydrogens is 340 g/mol. The number of rotatable bonds is 11. The highest BCUT2D eigenvalue weighted by Crippen LogP contribution is 2.21. The summed E-state index contributed by atoms with van der Waals surface area (Å²) >= 11 is 0. The number of nitrogens with zero attached hydrogens (tertiary/aromatic N) is 1. The lowest BCUT2D eigenvalue weighted by atomic mass is 10.1. The van der Waals surface area contributed by atoms with Crippen LogP contribution >= 0.6 is 0 Å². The summed E-state index contributed by atoms with van der Waals surface area (Å²) in [4.78, 5) is 38.8. The number of carbonyl (C=O) groups is 3. The van der Waals surface area contributed by atoms with Crippen LogP contribution in [0.1, 0.15) is 26.2 Å². The van der Waals surface area contributed by atoms with Crippen LogP contribution in [0.2, 0.25) is 0 Å². The Bertz CT molecular complexity index is 425. The number of urea groups is 1. The van der Waals surface area contributed by atoms with Crippen molar-refractivity contribution in [3.63, 3.8) is 0 Å². The molecule has 0 aliphatic heterocycles. The van der Waals surface area contributed by atoms with Gasteiger partial charge in [-0.2, -0.15) is 5.48 Å². The smallest absolute Gasteiger partial charge is 0.370 e. The molecule has 0 aromatic rings. The molecule has 0 saturated heterocycles. The summed E-state index contributed by atoms with van der Waals surface area (Å²) in [7, 11) is 0.781. The predicted molar refractivity (Wildman–Crippen MR) is 84.8 cm³/mol. The standard InChI is InChI=1S/C12H26N4O7Si/c1-5-8-16(24(20-2,21-3)22-4)9(6-7-10(13)17)11(18)23-15-12(14)19/h9H,5-8H2,1-4H3,(H2,13,17)(H3,14,15,19)/t9-/m0/s1. The van der Waals surface area contributed by atoms with Gasteiger partial charge in [0.25, 0.3) is 0 Å². The zero-order valence-electron chi connectivity index (χ0n) is 14.4. The molecule has 0 spiro atoms. The van der Waals surface area contributed by atoms with E-state index < -0.39 is 32.9 Å². The SMILES string of the molecule is CCCN([C@@H](CCC(N)=O)C(=O)ONC(N)=O)[Si](OC)(OC)OC. The van der Waals surface area contributed by atoms with Gasteiger partial charge in [0, 0.05) is 27.8 Å². The maximum atomic E-state index is 12.3.